The van der Waals surface area contributed by atoms with Crippen LogP contribution in [-0.2, 0) is 71.1 Å². The topological polar surface area (TPSA) is 520 Å². The molecule has 0 aliphatic carbocycles. The predicted octanol–water partition coefficient (Wildman–Crippen LogP) is 9.67. The Balaban J connectivity index is 0.000000126. The van der Waals surface area contributed by atoms with Crippen molar-refractivity contribution >= 4 is 0 Å². The summed E-state index contributed by atoms with van der Waals surface area (Å²) in [5.74, 6) is 0. The van der Waals surface area contributed by atoms with E-state index in [1.165, 1.54) is 0 Å². The number of epoxide rings is 15. The number of rotatable bonds is 74. The molecule has 20 rings (SSSR count). The van der Waals surface area contributed by atoms with Crippen molar-refractivity contribution < 1.29 is 142 Å². The Bertz CT molecular complexity index is 4070. The Labute approximate surface area is 817 Å². The average Bonchev–Trinajstić information content (AvgIpc) is 1.69. The van der Waals surface area contributed by atoms with Gasteiger partial charge in [0.05, 0.1) is 287 Å². The van der Waals surface area contributed by atoms with Crippen LogP contribution in [0.3, 0.4) is 0 Å². The zero-order valence-corrected chi connectivity index (χ0v) is 82.2. The van der Waals surface area contributed by atoms with Crippen molar-refractivity contribution in [2.45, 2.75) is 336 Å². The normalized spacial score (nSPS) is 27.9. The number of ether oxygens (including phenoxy) is 30. The maximum atomic E-state index is 5.76. The monoisotopic (exact) mass is 1980 g/mol. The molecule has 5 aromatic rings. The number of hydrogen-bond acceptors (Lipinski definition) is 45. The van der Waals surface area contributed by atoms with Crippen molar-refractivity contribution in [3.8, 4) is 90.2 Å². The molecule has 0 bridgehead atoms. The van der Waals surface area contributed by atoms with Crippen molar-refractivity contribution in [2.24, 2.45) is 0 Å². The maximum absolute atomic E-state index is 5.76. The van der Waals surface area contributed by atoms with Crippen molar-refractivity contribution in [3.63, 3.8) is 0 Å². The standard InChI is InChI=1S/C22H35N3O6.C21H33N3O6.C19H29N3O6.C18H27N3O6.C15H21N3O6/c1-4-14-17(29-14)8-7-11-26-20-23-21(27-12-9-18-15(5-2)30-18)25-22(24-20)28-13-10-19-16(6-3)31-19;1(7-16-13-28-16)4-10-25-19-22-20(26-11-5-2-8-17-14-29-17)24-21(23-19)27-12-6-3-9-18-15-30-18;1-17(11-26-17)5-4-8-23-14-20-15(24-9-6-18(2)12-27-18)22-16(21-14)25-10-7-19(3)13-28-19;1(4-13-10-25-13)7-22-16-19-17(23-8-2-5-14-11-26-14)21-18(20-16)24-9-3-6-15-12-27-15;1(10-7-22-10)4-19-13-16-14(20-5-2-11-8-23-11)18-15(17-13)21-6-3-12-9-24-12/h14-19H,4-13H2,1-3H3;16-18H,1-15H2;4-13H2,1-3H3;13-15H,1-12H2;10-12H,1-9H2. The lowest BCUT2D eigenvalue weighted by Crippen LogP contribution is -2.15. The average molecular weight is 1980 g/mol. The van der Waals surface area contributed by atoms with Gasteiger partial charge in [0, 0.05) is 44.9 Å². The fourth-order valence-corrected chi connectivity index (χ4v) is 14.3. The van der Waals surface area contributed by atoms with E-state index in [1.807, 2.05) is 0 Å². The molecule has 140 heavy (non-hydrogen) atoms. The number of nitrogens with zero attached hydrogens (tertiary/aromatic N) is 15. The summed E-state index contributed by atoms with van der Waals surface area (Å²) in [5, 5.41) is 0. The van der Waals surface area contributed by atoms with Gasteiger partial charge in [-0.15, -0.1) is 74.8 Å². The summed E-state index contributed by atoms with van der Waals surface area (Å²) in [6.45, 7) is 30.2. The molecule has 15 aliphatic rings. The number of unbranched alkanes of at least 4 members (excludes halogenated alkanes) is 3. The molecule has 0 N–H and O–H groups in total. The van der Waals surface area contributed by atoms with Crippen LogP contribution in [0.25, 0.3) is 0 Å². The van der Waals surface area contributed by atoms with Gasteiger partial charge in [0.25, 0.3) is 0 Å². The van der Waals surface area contributed by atoms with E-state index in [9.17, 15) is 0 Å². The molecule has 15 saturated heterocycles. The molecular formula is C95H145N15O30. The van der Waals surface area contributed by atoms with E-state index in [-0.39, 0.29) is 119 Å². The summed E-state index contributed by atoms with van der Waals surface area (Å²) < 4.78 is 165. The van der Waals surface area contributed by atoms with Crippen LogP contribution in [0.2, 0.25) is 0 Å². The van der Waals surface area contributed by atoms with Crippen molar-refractivity contribution in [1.29, 1.82) is 0 Å². The molecule has 15 fully saturated rings. The smallest absolute Gasteiger partial charge is 0.325 e. The Kier molecular flexibility index (Phi) is 40.5. The van der Waals surface area contributed by atoms with Gasteiger partial charge in [-0.05, 0) is 162 Å². The lowest BCUT2D eigenvalue weighted by molar-refractivity contribution is 0.198. The Morgan fingerprint density at radius 2 is 0.364 bits per heavy atom. The van der Waals surface area contributed by atoms with E-state index in [0.29, 0.717) is 178 Å². The van der Waals surface area contributed by atoms with Crippen molar-refractivity contribution in [1.82, 2.24) is 74.8 Å². The van der Waals surface area contributed by atoms with E-state index >= 15 is 0 Å². The highest BCUT2D eigenvalue weighted by atomic mass is 16.6. The van der Waals surface area contributed by atoms with E-state index in [2.05, 4.69) is 116 Å². The highest BCUT2D eigenvalue weighted by Crippen LogP contribution is 2.37. The zero-order valence-electron chi connectivity index (χ0n) is 82.2. The summed E-state index contributed by atoms with van der Waals surface area (Å²) in [6, 6.07) is 3.42. The zero-order chi connectivity index (χ0) is 96.2. The summed E-state index contributed by atoms with van der Waals surface area (Å²) in [6.07, 6.45) is 32.9. The maximum Gasteiger partial charge on any atom is 0.325 e. The first-order chi connectivity index (χ1) is 68.6. The third kappa shape index (κ3) is 43.6. The second kappa shape index (κ2) is 54.4. The molecule has 18 atom stereocenters. The minimum Gasteiger partial charge on any atom is -0.463 e. The molecular weight excluding hydrogens is 1830 g/mol. The molecule has 0 spiro atoms. The first-order valence-electron chi connectivity index (χ1n) is 51.3. The van der Waals surface area contributed by atoms with Gasteiger partial charge in [-0.3, -0.25) is 0 Å². The van der Waals surface area contributed by atoms with Gasteiger partial charge in [-0.2, -0.15) is 0 Å². The third-order valence-corrected chi connectivity index (χ3v) is 24.8. The SMILES string of the molecule is C(CC1CO1)Oc1nc(OCCC2CO2)nc(OCCC2CO2)n1.C(CCC1CO1)COc1nc(OCCCCC2CO2)nc(OCCCCC2CO2)n1.C(COc1nc(OCCCC2CO2)nc(OCCCC2CO2)n1)CC1CO1.CC1(CCCOc2nc(OCCC3(C)CO3)nc(OCCC3(C)CO3)n2)CO1.CCC1OC1CCCOc1nc(OCCC2OC2CC)nc(OCCC2OC2CC)n1. The van der Waals surface area contributed by atoms with Crippen molar-refractivity contribution in [2.75, 3.05) is 178 Å². The number of hydrogen-bond donors (Lipinski definition) is 0. The molecule has 0 saturated carbocycles. The summed E-state index contributed by atoms with van der Waals surface area (Å²) in [4.78, 5) is 63.7. The van der Waals surface area contributed by atoms with E-state index in [4.69, 9.17) is 142 Å². The van der Waals surface area contributed by atoms with Gasteiger partial charge >= 0.3 is 90.2 Å². The molecule has 18 unspecified atom stereocenters. The van der Waals surface area contributed by atoms with Crippen LogP contribution in [0.4, 0.5) is 0 Å². The highest BCUT2D eigenvalue weighted by molar-refractivity contribution is 5.14. The van der Waals surface area contributed by atoms with Gasteiger partial charge in [0.1, 0.15) is 0 Å². The molecule has 15 aliphatic heterocycles. The molecule has 0 aromatic carbocycles. The second-order valence-corrected chi connectivity index (χ2v) is 37.9. The summed E-state index contributed by atoms with van der Waals surface area (Å²) >= 11 is 0. The first kappa shape index (κ1) is 104. The van der Waals surface area contributed by atoms with Crippen molar-refractivity contribution in [3.05, 3.63) is 0 Å². The quantitative estimate of drug-likeness (QED) is 0.0258. The largest absolute Gasteiger partial charge is 0.463 e. The fourth-order valence-electron chi connectivity index (χ4n) is 14.3. The molecule has 45 nitrogen and oxygen atoms in total. The first-order valence-corrected chi connectivity index (χ1v) is 51.3. The Hall–Kier alpha value is -8.55. The highest BCUT2D eigenvalue weighted by Gasteiger charge is 2.43. The van der Waals surface area contributed by atoms with Gasteiger partial charge in [-0.1, -0.05) is 20.8 Å². The fraction of sp³-hybridized carbons (Fsp3) is 0.842. The van der Waals surface area contributed by atoms with Crippen LogP contribution in [-0.4, -0.2) is 362 Å². The molecule has 0 radical (unpaired) electrons. The Morgan fingerprint density at radius 3 is 0.579 bits per heavy atom. The van der Waals surface area contributed by atoms with Crippen LogP contribution in [0, 0.1) is 0 Å². The summed E-state index contributed by atoms with van der Waals surface area (Å²) in [7, 11) is 0. The Morgan fingerprint density at radius 1 is 0.193 bits per heavy atom. The van der Waals surface area contributed by atoms with E-state index in [0.717, 1.165) is 265 Å². The van der Waals surface area contributed by atoms with Gasteiger partial charge in [-0.25, -0.2) is 0 Å². The molecule has 20 heterocycles. The second-order valence-electron chi connectivity index (χ2n) is 37.9. The minimum atomic E-state index is -0.0770. The predicted molar refractivity (Wildman–Crippen MR) is 489 cm³/mol. The molecule has 780 valence electrons. The molecule has 0 amide bonds. The van der Waals surface area contributed by atoms with Crippen LogP contribution in [0.1, 0.15) is 228 Å². The van der Waals surface area contributed by atoms with E-state index < -0.39 is 0 Å². The molecule has 5 aromatic heterocycles. The van der Waals surface area contributed by atoms with Gasteiger partial charge in [0.15, 0.2) is 0 Å². The number of aromatic nitrogens is 15. The minimum absolute atomic E-state index is 0.0208. The lowest BCUT2D eigenvalue weighted by Gasteiger charge is -2.11. The van der Waals surface area contributed by atoms with Gasteiger partial charge in [0.2, 0.25) is 0 Å². The van der Waals surface area contributed by atoms with E-state index in [1.54, 1.807) is 0 Å². The van der Waals surface area contributed by atoms with Crippen LogP contribution >= 0.6 is 0 Å². The van der Waals surface area contributed by atoms with Crippen LogP contribution < -0.4 is 71.1 Å². The third-order valence-electron chi connectivity index (χ3n) is 24.8. The molecule has 45 heteroatoms. The van der Waals surface area contributed by atoms with Gasteiger partial charge < -0.3 is 142 Å². The van der Waals surface area contributed by atoms with Crippen LogP contribution in [0.5, 0.6) is 90.2 Å². The summed E-state index contributed by atoms with van der Waals surface area (Å²) in [5.41, 5.74) is -0.133. The lowest BCUT2D eigenvalue weighted by atomic mass is 10.1. The van der Waals surface area contributed by atoms with Crippen LogP contribution in [0.15, 0.2) is 0 Å².